The molecule has 0 spiro atoms. The van der Waals surface area contributed by atoms with Crippen LogP contribution in [0.5, 0.6) is 0 Å². The van der Waals surface area contributed by atoms with Crippen LogP contribution in [0.15, 0.2) is 12.2 Å². The highest BCUT2D eigenvalue weighted by Gasteiger charge is 2.19. The first-order chi connectivity index (χ1) is 6.68. The highest BCUT2D eigenvalue weighted by atomic mass is 14.7. The highest BCUT2D eigenvalue weighted by Crippen LogP contribution is 2.17. The van der Waals surface area contributed by atoms with Crippen LogP contribution in [0.1, 0.15) is 25.7 Å². The molecule has 0 aliphatic carbocycles. The molecule has 84 valence electrons. The van der Waals surface area contributed by atoms with Crippen molar-refractivity contribution in [3.05, 3.63) is 12.2 Å². The molecule has 4 heteroatoms. The molecule has 0 aliphatic heterocycles. The Kier molecular flexibility index (Phi) is 7.70. The molecule has 0 aromatic rings. The lowest BCUT2D eigenvalue weighted by atomic mass is 9.89. The lowest BCUT2D eigenvalue weighted by molar-refractivity contribution is 0.428. The van der Waals surface area contributed by atoms with E-state index in [1.807, 2.05) is 12.2 Å². The molecule has 0 rings (SSSR count). The van der Waals surface area contributed by atoms with Crippen LogP contribution in [-0.4, -0.2) is 25.2 Å². The number of hydrogen-bond donors (Lipinski definition) is 4. The van der Waals surface area contributed by atoms with Crippen molar-refractivity contribution in [3.63, 3.8) is 0 Å². The Morgan fingerprint density at radius 1 is 0.929 bits per heavy atom. The molecule has 0 atom stereocenters. The first kappa shape index (κ1) is 13.6. The molecule has 0 saturated heterocycles. The Bertz CT molecular complexity index is 148. The van der Waals surface area contributed by atoms with Gasteiger partial charge in [0.25, 0.3) is 0 Å². The van der Waals surface area contributed by atoms with E-state index in [4.69, 9.17) is 22.9 Å². The lowest BCUT2D eigenvalue weighted by Gasteiger charge is -2.25. The van der Waals surface area contributed by atoms with Crippen molar-refractivity contribution < 1.29 is 0 Å². The zero-order valence-electron chi connectivity index (χ0n) is 8.91. The fraction of sp³-hybridized carbons (Fsp3) is 0.800. The van der Waals surface area contributed by atoms with E-state index in [1.54, 1.807) is 0 Å². The van der Waals surface area contributed by atoms with Crippen molar-refractivity contribution in [1.82, 2.24) is 0 Å². The monoisotopic (exact) mass is 200 g/mol. The molecular weight excluding hydrogens is 176 g/mol. The van der Waals surface area contributed by atoms with Crippen molar-refractivity contribution in [1.29, 1.82) is 0 Å². The molecule has 0 aromatic heterocycles. The summed E-state index contributed by atoms with van der Waals surface area (Å²) in [6, 6.07) is 0. The third-order valence-corrected chi connectivity index (χ3v) is 2.28. The third-order valence-electron chi connectivity index (χ3n) is 2.28. The molecular formula is C10H24N4. The van der Waals surface area contributed by atoms with Crippen LogP contribution in [0.3, 0.4) is 0 Å². The number of nitrogens with two attached hydrogens (primary N) is 4. The zero-order chi connectivity index (χ0) is 10.9. The van der Waals surface area contributed by atoms with Crippen LogP contribution >= 0.6 is 0 Å². The normalized spacial score (nSPS) is 12.6. The van der Waals surface area contributed by atoms with E-state index < -0.39 is 0 Å². The van der Waals surface area contributed by atoms with Gasteiger partial charge in [-0.1, -0.05) is 12.2 Å². The highest BCUT2D eigenvalue weighted by molar-refractivity contribution is 5.05. The SMILES string of the molecule is NCC=CC(N)(CCCN)CCCN. The smallest absolute Gasteiger partial charge is 0.0340 e. The van der Waals surface area contributed by atoms with E-state index in [2.05, 4.69) is 0 Å². The molecule has 0 heterocycles. The molecule has 4 nitrogen and oxygen atoms in total. The van der Waals surface area contributed by atoms with Crippen LogP contribution in [0, 0.1) is 0 Å². The number of rotatable bonds is 8. The Morgan fingerprint density at radius 2 is 1.43 bits per heavy atom. The third kappa shape index (κ3) is 6.10. The van der Waals surface area contributed by atoms with Gasteiger partial charge in [0.2, 0.25) is 0 Å². The van der Waals surface area contributed by atoms with E-state index in [9.17, 15) is 0 Å². The predicted octanol–water partition coefficient (Wildman–Crippen LogP) is -0.323. The summed E-state index contributed by atoms with van der Waals surface area (Å²) in [6.07, 6.45) is 7.59. The Morgan fingerprint density at radius 3 is 1.79 bits per heavy atom. The second-order valence-electron chi connectivity index (χ2n) is 3.66. The number of hydrogen-bond acceptors (Lipinski definition) is 4. The van der Waals surface area contributed by atoms with Crippen molar-refractivity contribution in [3.8, 4) is 0 Å². The van der Waals surface area contributed by atoms with E-state index in [-0.39, 0.29) is 5.54 Å². The Hall–Kier alpha value is -0.420. The van der Waals surface area contributed by atoms with E-state index in [1.165, 1.54) is 0 Å². The molecule has 0 unspecified atom stereocenters. The molecule has 14 heavy (non-hydrogen) atoms. The van der Waals surface area contributed by atoms with Crippen molar-refractivity contribution >= 4 is 0 Å². The molecule has 0 fully saturated rings. The summed E-state index contributed by atoms with van der Waals surface area (Å²) in [5.41, 5.74) is 22.3. The fourth-order valence-electron chi connectivity index (χ4n) is 1.46. The maximum Gasteiger partial charge on any atom is 0.0340 e. The molecule has 0 saturated carbocycles. The lowest BCUT2D eigenvalue weighted by Crippen LogP contribution is -2.38. The van der Waals surface area contributed by atoms with Crippen LogP contribution in [0.4, 0.5) is 0 Å². The summed E-state index contributed by atoms with van der Waals surface area (Å²) in [6.45, 7) is 1.89. The van der Waals surface area contributed by atoms with Crippen LogP contribution in [0.25, 0.3) is 0 Å². The Balaban J connectivity index is 4.09. The first-order valence-electron chi connectivity index (χ1n) is 5.25. The van der Waals surface area contributed by atoms with E-state index in [0.29, 0.717) is 19.6 Å². The summed E-state index contributed by atoms with van der Waals surface area (Å²) in [5, 5.41) is 0. The quantitative estimate of drug-likeness (QED) is 0.403. The minimum atomic E-state index is -0.266. The van der Waals surface area contributed by atoms with E-state index in [0.717, 1.165) is 25.7 Å². The van der Waals surface area contributed by atoms with Gasteiger partial charge in [-0.15, -0.1) is 0 Å². The van der Waals surface area contributed by atoms with Gasteiger partial charge in [0.1, 0.15) is 0 Å². The summed E-state index contributed by atoms with van der Waals surface area (Å²) in [7, 11) is 0. The van der Waals surface area contributed by atoms with Gasteiger partial charge in [0.15, 0.2) is 0 Å². The molecule has 0 aliphatic rings. The second kappa shape index (κ2) is 7.94. The first-order valence-corrected chi connectivity index (χ1v) is 5.25. The molecule has 0 bridgehead atoms. The fourth-order valence-corrected chi connectivity index (χ4v) is 1.46. The average molecular weight is 200 g/mol. The summed E-state index contributed by atoms with van der Waals surface area (Å²) in [5.74, 6) is 0. The molecule has 0 aromatic carbocycles. The van der Waals surface area contributed by atoms with Crippen LogP contribution in [0.2, 0.25) is 0 Å². The maximum atomic E-state index is 6.20. The van der Waals surface area contributed by atoms with Gasteiger partial charge in [-0.05, 0) is 38.8 Å². The van der Waals surface area contributed by atoms with Gasteiger partial charge in [-0.3, -0.25) is 0 Å². The van der Waals surface area contributed by atoms with Gasteiger partial charge < -0.3 is 22.9 Å². The minimum absolute atomic E-state index is 0.266. The van der Waals surface area contributed by atoms with Crippen molar-refractivity contribution in [2.45, 2.75) is 31.2 Å². The van der Waals surface area contributed by atoms with Gasteiger partial charge in [0, 0.05) is 12.1 Å². The Labute approximate surface area is 86.7 Å². The summed E-state index contributed by atoms with van der Waals surface area (Å²) in [4.78, 5) is 0. The largest absolute Gasteiger partial charge is 0.330 e. The van der Waals surface area contributed by atoms with E-state index >= 15 is 0 Å². The van der Waals surface area contributed by atoms with Gasteiger partial charge in [-0.2, -0.15) is 0 Å². The van der Waals surface area contributed by atoms with Crippen LogP contribution < -0.4 is 22.9 Å². The second-order valence-corrected chi connectivity index (χ2v) is 3.66. The van der Waals surface area contributed by atoms with Crippen molar-refractivity contribution in [2.75, 3.05) is 19.6 Å². The minimum Gasteiger partial charge on any atom is -0.330 e. The maximum absolute atomic E-state index is 6.20. The molecule has 0 radical (unpaired) electrons. The average Bonchev–Trinajstić information content (AvgIpc) is 2.21. The van der Waals surface area contributed by atoms with Crippen LogP contribution in [-0.2, 0) is 0 Å². The summed E-state index contributed by atoms with van der Waals surface area (Å²) < 4.78 is 0. The predicted molar refractivity (Wildman–Crippen MR) is 61.7 cm³/mol. The van der Waals surface area contributed by atoms with Crippen molar-refractivity contribution in [2.24, 2.45) is 22.9 Å². The topological polar surface area (TPSA) is 104 Å². The standard InChI is InChI=1S/C10H24N4/c11-7-1-4-10(14,5-2-8-12)6-3-9-13/h1,4H,2-3,5-9,11-14H2. The summed E-state index contributed by atoms with van der Waals surface area (Å²) >= 11 is 0. The molecule has 0 amide bonds. The van der Waals surface area contributed by atoms with Gasteiger partial charge in [0.05, 0.1) is 0 Å². The zero-order valence-corrected chi connectivity index (χ0v) is 8.91. The molecule has 8 N–H and O–H groups in total. The van der Waals surface area contributed by atoms with Gasteiger partial charge >= 0.3 is 0 Å². The van der Waals surface area contributed by atoms with Gasteiger partial charge in [-0.25, -0.2) is 0 Å².